The van der Waals surface area contributed by atoms with E-state index in [9.17, 15) is 4.79 Å². The number of ether oxygens (including phenoxy) is 1. The minimum Gasteiger partial charge on any atom is -0.446 e. The van der Waals surface area contributed by atoms with Crippen LogP contribution in [0.5, 0.6) is 0 Å². The van der Waals surface area contributed by atoms with Gasteiger partial charge in [-0.2, -0.15) is 0 Å². The van der Waals surface area contributed by atoms with Gasteiger partial charge in [0, 0.05) is 18.3 Å². The highest BCUT2D eigenvalue weighted by Gasteiger charge is 2.59. The molecule has 8 atom stereocenters. The average molecular weight is 551 g/mol. The SMILES string of the molecule is CC(C)CCC[C@@H](C)[C@H]1CCC2C3CC=C4C[C@@H](OC(=O)NCCCBr)CC[C@]4(C)C3CC[C@@]21C. The van der Waals surface area contributed by atoms with E-state index in [4.69, 9.17) is 4.74 Å². The van der Waals surface area contributed by atoms with E-state index in [0.29, 0.717) is 17.4 Å². The van der Waals surface area contributed by atoms with E-state index in [1.165, 1.54) is 57.8 Å². The summed E-state index contributed by atoms with van der Waals surface area (Å²) >= 11 is 3.42. The predicted molar refractivity (Wildman–Crippen MR) is 150 cm³/mol. The highest BCUT2D eigenvalue weighted by Crippen LogP contribution is 2.67. The molecule has 0 heterocycles. The highest BCUT2D eigenvalue weighted by atomic mass is 79.9. The fraction of sp³-hybridized carbons (Fsp3) is 0.903. The number of rotatable bonds is 9. The Hall–Kier alpha value is -0.510. The van der Waals surface area contributed by atoms with E-state index in [2.05, 4.69) is 61.9 Å². The van der Waals surface area contributed by atoms with Crippen molar-refractivity contribution in [1.29, 1.82) is 0 Å². The molecule has 3 nitrogen and oxygen atoms in total. The first-order valence-electron chi connectivity index (χ1n) is 14.9. The Morgan fingerprint density at radius 1 is 1.09 bits per heavy atom. The lowest BCUT2D eigenvalue weighted by molar-refractivity contribution is -0.0581. The van der Waals surface area contributed by atoms with E-state index in [0.717, 1.165) is 60.1 Å². The van der Waals surface area contributed by atoms with Crippen LogP contribution >= 0.6 is 15.9 Å². The molecule has 3 saturated carbocycles. The second-order valence-corrected chi connectivity index (χ2v) is 14.3. The highest BCUT2D eigenvalue weighted by molar-refractivity contribution is 9.09. The van der Waals surface area contributed by atoms with Gasteiger partial charge >= 0.3 is 6.09 Å². The lowest BCUT2D eigenvalue weighted by Crippen LogP contribution is -2.51. The zero-order valence-corrected chi connectivity index (χ0v) is 24.8. The molecule has 200 valence electrons. The summed E-state index contributed by atoms with van der Waals surface area (Å²) in [6.07, 6.45) is 17.7. The smallest absolute Gasteiger partial charge is 0.407 e. The number of amides is 1. The van der Waals surface area contributed by atoms with Crippen molar-refractivity contribution in [3.63, 3.8) is 0 Å². The lowest BCUT2D eigenvalue weighted by Gasteiger charge is -2.58. The van der Waals surface area contributed by atoms with Crippen molar-refractivity contribution in [2.24, 2.45) is 46.3 Å². The molecule has 3 fully saturated rings. The van der Waals surface area contributed by atoms with Crippen LogP contribution in [0, 0.1) is 46.3 Å². The van der Waals surface area contributed by atoms with Gasteiger partial charge < -0.3 is 10.1 Å². The number of fused-ring (bicyclic) bond motifs is 5. The van der Waals surface area contributed by atoms with Crippen molar-refractivity contribution in [3.8, 4) is 0 Å². The molecular weight excluding hydrogens is 498 g/mol. The largest absolute Gasteiger partial charge is 0.446 e. The molecule has 0 bridgehead atoms. The van der Waals surface area contributed by atoms with E-state index in [1.54, 1.807) is 5.57 Å². The van der Waals surface area contributed by atoms with Crippen LogP contribution in [0.15, 0.2) is 11.6 Å². The minimum atomic E-state index is -0.234. The van der Waals surface area contributed by atoms with E-state index < -0.39 is 0 Å². The standard InChI is InChI=1S/C31H52BrNO2/c1-21(2)8-6-9-22(3)26-12-13-27-25-11-10-23-20-24(35-29(34)33-19-7-18-32)14-16-30(23,4)28(25)15-17-31(26,27)5/h10,21-22,24-28H,6-9,11-20H2,1-5H3,(H,33,34)/t22-,24+,25?,26-,27?,28?,30+,31-/m1/s1. The monoisotopic (exact) mass is 549 g/mol. The van der Waals surface area contributed by atoms with E-state index in [1.807, 2.05) is 0 Å². The summed E-state index contributed by atoms with van der Waals surface area (Å²) < 4.78 is 5.83. The number of hydrogen-bond donors (Lipinski definition) is 1. The molecule has 3 unspecified atom stereocenters. The van der Waals surface area contributed by atoms with Crippen LogP contribution in [0.25, 0.3) is 0 Å². The number of carbonyl (C=O) groups excluding carboxylic acids is 1. The number of hydrogen-bond acceptors (Lipinski definition) is 2. The molecule has 1 N–H and O–H groups in total. The molecule has 4 heteroatoms. The van der Waals surface area contributed by atoms with Crippen molar-refractivity contribution in [2.75, 3.05) is 11.9 Å². The Kier molecular flexibility index (Phi) is 9.03. The maximum Gasteiger partial charge on any atom is 0.407 e. The summed E-state index contributed by atoms with van der Waals surface area (Å²) in [5.74, 6) is 5.22. The Morgan fingerprint density at radius 2 is 1.89 bits per heavy atom. The summed E-state index contributed by atoms with van der Waals surface area (Å²) in [5.41, 5.74) is 2.47. The number of alkyl carbamates (subject to hydrolysis) is 1. The Bertz CT molecular complexity index is 765. The van der Waals surface area contributed by atoms with Gasteiger partial charge in [0.25, 0.3) is 0 Å². The summed E-state index contributed by atoms with van der Waals surface area (Å²) in [4.78, 5) is 12.2. The molecule has 4 aliphatic rings. The fourth-order valence-electron chi connectivity index (χ4n) is 9.20. The van der Waals surface area contributed by atoms with Gasteiger partial charge in [0.15, 0.2) is 0 Å². The second kappa shape index (κ2) is 11.5. The van der Waals surface area contributed by atoms with Crippen molar-refractivity contribution < 1.29 is 9.53 Å². The van der Waals surface area contributed by atoms with Crippen LogP contribution in [0.2, 0.25) is 0 Å². The molecule has 0 aromatic rings. The third-order valence-corrected chi connectivity index (χ3v) is 11.7. The van der Waals surface area contributed by atoms with Gasteiger partial charge in [-0.15, -0.1) is 0 Å². The predicted octanol–water partition coefficient (Wildman–Crippen LogP) is 8.91. The second-order valence-electron chi connectivity index (χ2n) is 13.5. The molecule has 0 spiro atoms. The van der Waals surface area contributed by atoms with Gasteiger partial charge in [0.1, 0.15) is 6.10 Å². The number of carbonyl (C=O) groups is 1. The molecule has 4 rings (SSSR count). The quantitative estimate of drug-likeness (QED) is 0.177. The lowest BCUT2D eigenvalue weighted by atomic mass is 9.47. The van der Waals surface area contributed by atoms with Crippen LogP contribution in [-0.2, 0) is 4.74 Å². The molecule has 1 amide bonds. The van der Waals surface area contributed by atoms with Gasteiger partial charge in [0.05, 0.1) is 0 Å². The number of allylic oxidation sites excluding steroid dienone is 1. The van der Waals surface area contributed by atoms with Crippen molar-refractivity contribution in [1.82, 2.24) is 5.32 Å². The van der Waals surface area contributed by atoms with Gasteiger partial charge in [0.2, 0.25) is 0 Å². The maximum atomic E-state index is 12.2. The molecule has 0 aromatic carbocycles. The minimum absolute atomic E-state index is 0.0475. The van der Waals surface area contributed by atoms with Crippen LogP contribution in [0.4, 0.5) is 4.79 Å². The molecule has 0 saturated heterocycles. The third-order valence-electron chi connectivity index (χ3n) is 11.1. The molecule has 4 aliphatic carbocycles. The first kappa shape index (κ1) is 27.5. The van der Waals surface area contributed by atoms with Crippen molar-refractivity contribution >= 4 is 22.0 Å². The fourth-order valence-corrected chi connectivity index (χ4v) is 9.48. The Labute approximate surface area is 224 Å². The first-order valence-corrected chi connectivity index (χ1v) is 16.0. The Morgan fingerprint density at radius 3 is 2.63 bits per heavy atom. The normalized spacial score (nSPS) is 39.3. The van der Waals surface area contributed by atoms with Crippen LogP contribution in [-0.4, -0.2) is 24.1 Å². The van der Waals surface area contributed by atoms with Crippen LogP contribution in [0.1, 0.15) is 112 Å². The van der Waals surface area contributed by atoms with Gasteiger partial charge in [-0.1, -0.05) is 81.5 Å². The number of halogens is 1. The van der Waals surface area contributed by atoms with Crippen molar-refractivity contribution in [2.45, 2.75) is 118 Å². The van der Waals surface area contributed by atoms with Crippen LogP contribution < -0.4 is 5.32 Å². The van der Waals surface area contributed by atoms with E-state index >= 15 is 0 Å². The topological polar surface area (TPSA) is 38.3 Å². The summed E-state index contributed by atoms with van der Waals surface area (Å²) in [5, 5.41) is 3.81. The molecule has 0 aliphatic heterocycles. The molecular formula is C31H52BrNO2. The van der Waals surface area contributed by atoms with Gasteiger partial charge in [-0.05, 0) is 97.7 Å². The number of alkyl halides is 1. The Balaban J connectivity index is 1.39. The summed E-state index contributed by atoms with van der Waals surface area (Å²) in [7, 11) is 0. The molecule has 35 heavy (non-hydrogen) atoms. The van der Waals surface area contributed by atoms with Gasteiger partial charge in [-0.25, -0.2) is 4.79 Å². The third kappa shape index (κ3) is 5.68. The van der Waals surface area contributed by atoms with Crippen LogP contribution in [0.3, 0.4) is 0 Å². The first-order chi connectivity index (χ1) is 16.7. The summed E-state index contributed by atoms with van der Waals surface area (Å²) in [6, 6.07) is 0. The van der Waals surface area contributed by atoms with Gasteiger partial charge in [-0.3, -0.25) is 0 Å². The van der Waals surface area contributed by atoms with E-state index in [-0.39, 0.29) is 12.2 Å². The molecule has 0 radical (unpaired) electrons. The number of nitrogens with one attached hydrogen (secondary N) is 1. The zero-order valence-electron chi connectivity index (χ0n) is 23.2. The zero-order chi connectivity index (χ0) is 25.2. The average Bonchev–Trinajstić information content (AvgIpc) is 3.16. The molecule has 0 aromatic heterocycles. The maximum absolute atomic E-state index is 12.2. The van der Waals surface area contributed by atoms with Crippen molar-refractivity contribution in [3.05, 3.63) is 11.6 Å². The summed E-state index contributed by atoms with van der Waals surface area (Å²) in [6.45, 7) is 13.2.